The normalized spacial score (nSPS) is 17.6. The van der Waals surface area contributed by atoms with Crippen LogP contribution in [0.2, 0.25) is 5.02 Å². The van der Waals surface area contributed by atoms with Gasteiger partial charge in [-0.05, 0) is 55.7 Å². The number of hydrogen-bond acceptors (Lipinski definition) is 5. The van der Waals surface area contributed by atoms with E-state index in [-0.39, 0.29) is 39.9 Å². The lowest BCUT2D eigenvalue weighted by Crippen LogP contribution is -2.48. The van der Waals surface area contributed by atoms with Crippen LogP contribution in [0.15, 0.2) is 29.2 Å². The third-order valence-electron chi connectivity index (χ3n) is 5.79. The van der Waals surface area contributed by atoms with Gasteiger partial charge in [-0.3, -0.25) is 9.59 Å². The van der Waals surface area contributed by atoms with Crippen LogP contribution >= 0.6 is 11.6 Å². The second-order valence-corrected chi connectivity index (χ2v) is 10.0. The highest BCUT2D eigenvalue weighted by molar-refractivity contribution is 7.89. The predicted octanol–water partition coefficient (Wildman–Crippen LogP) is 3.94. The number of hydrogen-bond donors (Lipinski definition) is 1. The minimum Gasteiger partial charge on any atom is -0.490 e. The highest BCUT2D eigenvalue weighted by atomic mass is 35.5. The molecule has 0 radical (unpaired) electrons. The molecule has 0 bridgehead atoms. The molecule has 1 aliphatic rings. The Morgan fingerprint density at radius 2 is 1.88 bits per heavy atom. The molecule has 0 saturated heterocycles. The van der Waals surface area contributed by atoms with Gasteiger partial charge >= 0.3 is 5.97 Å². The molecule has 0 fully saturated rings. The zero-order valence-corrected chi connectivity index (χ0v) is 19.6. The Hall–Kier alpha value is -2.49. The van der Waals surface area contributed by atoms with Crippen LogP contribution in [0.3, 0.4) is 0 Å². The van der Waals surface area contributed by atoms with Crippen molar-refractivity contribution in [2.45, 2.75) is 44.6 Å². The van der Waals surface area contributed by atoms with E-state index in [1.165, 1.54) is 32.0 Å². The SMILES string of the molecule is CC(=O)c1c(Cl)ccc2c1OCCN([C@H](C(=O)O)C(C)c1c(F)ccc(C)c1C)S2(=O)=O. The smallest absolute Gasteiger partial charge is 0.322 e. The van der Waals surface area contributed by atoms with Crippen molar-refractivity contribution >= 4 is 33.4 Å². The number of carbonyl (C=O) groups excluding carboxylic acids is 1. The summed E-state index contributed by atoms with van der Waals surface area (Å²) in [6.07, 6.45) is 0. The molecule has 7 nitrogen and oxygen atoms in total. The van der Waals surface area contributed by atoms with Gasteiger partial charge in [-0.1, -0.05) is 24.6 Å². The Morgan fingerprint density at radius 1 is 1.22 bits per heavy atom. The van der Waals surface area contributed by atoms with Crippen LogP contribution in [0.5, 0.6) is 5.75 Å². The zero-order valence-electron chi connectivity index (χ0n) is 18.0. The molecule has 1 N–H and O–H groups in total. The summed E-state index contributed by atoms with van der Waals surface area (Å²) in [5.41, 5.74) is 1.36. The van der Waals surface area contributed by atoms with Crippen molar-refractivity contribution in [2.75, 3.05) is 13.2 Å². The van der Waals surface area contributed by atoms with Gasteiger partial charge in [-0.25, -0.2) is 12.8 Å². The van der Waals surface area contributed by atoms with E-state index in [0.717, 1.165) is 9.87 Å². The summed E-state index contributed by atoms with van der Waals surface area (Å²) in [6.45, 7) is 5.62. The van der Waals surface area contributed by atoms with Gasteiger partial charge in [0, 0.05) is 12.5 Å². The molecule has 0 aliphatic carbocycles. The van der Waals surface area contributed by atoms with Crippen LogP contribution in [-0.4, -0.2) is 48.8 Å². The first-order valence-electron chi connectivity index (χ1n) is 9.86. The second kappa shape index (κ2) is 8.80. The van der Waals surface area contributed by atoms with E-state index in [0.29, 0.717) is 5.56 Å². The van der Waals surface area contributed by atoms with Crippen LogP contribution in [0.1, 0.15) is 46.8 Å². The van der Waals surface area contributed by atoms with E-state index in [2.05, 4.69) is 0 Å². The fourth-order valence-electron chi connectivity index (χ4n) is 4.09. The van der Waals surface area contributed by atoms with Gasteiger partial charge in [0.2, 0.25) is 10.0 Å². The maximum absolute atomic E-state index is 14.7. The fourth-order valence-corrected chi connectivity index (χ4v) is 6.15. The van der Waals surface area contributed by atoms with Gasteiger partial charge in [-0.15, -0.1) is 0 Å². The summed E-state index contributed by atoms with van der Waals surface area (Å²) >= 11 is 6.09. The summed E-state index contributed by atoms with van der Waals surface area (Å²) in [5, 5.41) is 10.1. The monoisotopic (exact) mass is 483 g/mol. The summed E-state index contributed by atoms with van der Waals surface area (Å²) in [7, 11) is -4.43. The molecular formula is C22H23ClFNO6S. The highest BCUT2D eigenvalue weighted by Crippen LogP contribution is 2.40. The first-order valence-corrected chi connectivity index (χ1v) is 11.7. The number of Topliss-reactive ketones (excluding diaryl/α,β-unsaturated/α-hetero) is 1. The van der Waals surface area contributed by atoms with Gasteiger partial charge in [0.25, 0.3) is 0 Å². The maximum atomic E-state index is 14.7. The quantitative estimate of drug-likeness (QED) is 0.646. The van der Waals surface area contributed by atoms with Gasteiger partial charge in [0.05, 0.1) is 10.6 Å². The number of fused-ring (bicyclic) bond motifs is 1. The number of sulfonamides is 1. The van der Waals surface area contributed by atoms with Crippen LogP contribution in [-0.2, 0) is 14.8 Å². The lowest BCUT2D eigenvalue weighted by Gasteiger charge is -2.31. The molecule has 0 aromatic heterocycles. The lowest BCUT2D eigenvalue weighted by atomic mass is 9.87. The minimum absolute atomic E-state index is 0.0282. The average molecular weight is 484 g/mol. The number of benzene rings is 2. The number of halogens is 2. The van der Waals surface area contributed by atoms with Crippen LogP contribution in [0.25, 0.3) is 0 Å². The van der Waals surface area contributed by atoms with Crippen molar-refractivity contribution in [1.29, 1.82) is 0 Å². The molecule has 10 heteroatoms. The van der Waals surface area contributed by atoms with Gasteiger partial charge in [-0.2, -0.15) is 4.31 Å². The lowest BCUT2D eigenvalue weighted by molar-refractivity contribution is -0.142. The molecule has 172 valence electrons. The Labute approximate surface area is 190 Å². The van der Waals surface area contributed by atoms with E-state index in [1.54, 1.807) is 19.9 Å². The number of carboxylic acid groups (broad SMARTS) is 1. The van der Waals surface area contributed by atoms with Crippen molar-refractivity contribution < 1.29 is 32.2 Å². The predicted molar refractivity (Wildman–Crippen MR) is 117 cm³/mol. The second-order valence-electron chi connectivity index (χ2n) is 7.74. The molecular weight excluding hydrogens is 461 g/mol. The van der Waals surface area contributed by atoms with Crippen molar-refractivity contribution in [3.8, 4) is 5.75 Å². The summed E-state index contributed by atoms with van der Waals surface area (Å²) in [5.74, 6) is -3.74. The number of aryl methyl sites for hydroxylation is 1. The van der Waals surface area contributed by atoms with Crippen LogP contribution < -0.4 is 4.74 Å². The number of rotatable bonds is 5. The number of nitrogens with zero attached hydrogens (tertiary/aromatic N) is 1. The molecule has 2 aromatic rings. The first kappa shape index (κ1) is 24.2. The summed E-state index contributed by atoms with van der Waals surface area (Å²) < 4.78 is 48.2. The largest absolute Gasteiger partial charge is 0.490 e. The molecule has 1 aliphatic heterocycles. The maximum Gasteiger partial charge on any atom is 0.322 e. The fraction of sp³-hybridized carbons (Fsp3) is 0.364. The molecule has 0 saturated carbocycles. The number of ketones is 1. The molecule has 0 spiro atoms. The molecule has 32 heavy (non-hydrogen) atoms. The van der Waals surface area contributed by atoms with Gasteiger partial charge in [0.15, 0.2) is 11.5 Å². The van der Waals surface area contributed by atoms with E-state index >= 15 is 0 Å². The average Bonchev–Trinajstić information content (AvgIpc) is 2.81. The molecule has 1 heterocycles. The Balaban J connectivity index is 2.19. The van der Waals surface area contributed by atoms with E-state index in [1.807, 2.05) is 0 Å². The van der Waals surface area contributed by atoms with Gasteiger partial charge in [0.1, 0.15) is 23.4 Å². The summed E-state index contributed by atoms with van der Waals surface area (Å²) in [6, 6.07) is 3.64. The number of ether oxygens (including phenoxy) is 1. The number of aliphatic carboxylic acids is 1. The summed E-state index contributed by atoms with van der Waals surface area (Å²) in [4.78, 5) is 24.0. The van der Waals surface area contributed by atoms with Crippen molar-refractivity contribution in [1.82, 2.24) is 4.31 Å². The molecule has 1 unspecified atom stereocenters. The molecule has 2 aromatic carbocycles. The van der Waals surface area contributed by atoms with Crippen molar-refractivity contribution in [2.24, 2.45) is 0 Å². The van der Waals surface area contributed by atoms with Crippen LogP contribution in [0, 0.1) is 19.7 Å². The van der Waals surface area contributed by atoms with Crippen LogP contribution in [0.4, 0.5) is 4.39 Å². The molecule has 0 amide bonds. The Kier molecular flexibility index (Phi) is 6.65. The van der Waals surface area contributed by atoms with Gasteiger partial charge < -0.3 is 9.84 Å². The number of carbonyl (C=O) groups is 2. The van der Waals surface area contributed by atoms with E-state index in [9.17, 15) is 27.5 Å². The topological polar surface area (TPSA) is 101 Å². The van der Waals surface area contributed by atoms with Crippen molar-refractivity contribution in [3.63, 3.8) is 0 Å². The third kappa shape index (κ3) is 4.00. The Bertz CT molecular complexity index is 1210. The number of carboxylic acids is 1. The minimum atomic E-state index is -4.43. The van der Waals surface area contributed by atoms with E-state index < -0.39 is 39.6 Å². The Morgan fingerprint density at radius 3 is 2.47 bits per heavy atom. The molecule has 2 atom stereocenters. The highest BCUT2D eigenvalue weighted by Gasteiger charge is 2.44. The third-order valence-corrected chi connectivity index (χ3v) is 8.01. The zero-order chi connectivity index (χ0) is 24.0. The van der Waals surface area contributed by atoms with Crippen molar-refractivity contribution in [3.05, 3.63) is 57.4 Å². The first-order chi connectivity index (χ1) is 14.9. The standard InChI is InChI=1S/C22H23ClFNO6S/c1-11-5-7-16(24)18(12(11)2)13(3)20(22(27)28)25-9-10-31-21-17(32(25,29)30)8-6-15(23)19(21)14(4)26/h5-8,13,20H,9-10H2,1-4H3,(H,27,28)/t13?,20-/m0/s1. The van der Waals surface area contributed by atoms with E-state index in [4.69, 9.17) is 16.3 Å². The molecule has 3 rings (SSSR count).